The molecule has 1 fully saturated rings. The lowest BCUT2D eigenvalue weighted by atomic mass is 10.0. The lowest BCUT2D eigenvalue weighted by Gasteiger charge is -2.39. The Morgan fingerprint density at radius 1 is 1.44 bits per heavy atom. The fourth-order valence-corrected chi connectivity index (χ4v) is 2.36. The number of hydrogen-bond donors (Lipinski definition) is 1. The number of carbonyl (C=O) groups excluding carboxylic acids is 1. The van der Waals surface area contributed by atoms with Crippen molar-refractivity contribution in [1.82, 2.24) is 4.90 Å². The Morgan fingerprint density at radius 2 is 2.12 bits per heavy atom. The van der Waals surface area contributed by atoms with Crippen LogP contribution >= 0.6 is 11.8 Å². The van der Waals surface area contributed by atoms with Crippen LogP contribution in [0.25, 0.3) is 0 Å². The van der Waals surface area contributed by atoms with Crippen molar-refractivity contribution in [2.24, 2.45) is 0 Å². The van der Waals surface area contributed by atoms with Gasteiger partial charge in [0.2, 0.25) is 11.5 Å². The van der Waals surface area contributed by atoms with Gasteiger partial charge in [0.15, 0.2) is 0 Å². The van der Waals surface area contributed by atoms with Crippen molar-refractivity contribution in [3.63, 3.8) is 0 Å². The molecule has 0 radical (unpaired) electrons. The number of ether oxygens (including phenoxy) is 1. The van der Waals surface area contributed by atoms with Gasteiger partial charge >= 0.3 is 0 Å². The minimum atomic E-state index is -1.48. The minimum absolute atomic E-state index is 0.271. The smallest absolute Gasteiger partial charge is 0.206 e. The maximum atomic E-state index is 11.8. The monoisotopic (exact) mass is 241 g/mol. The molecule has 0 aromatic heterocycles. The first-order chi connectivity index (χ1) is 7.66. The van der Waals surface area contributed by atoms with Crippen molar-refractivity contribution in [2.75, 3.05) is 32.6 Å². The summed E-state index contributed by atoms with van der Waals surface area (Å²) in [5, 5.41) is 10.4. The number of nitrogens with zero attached hydrogens (tertiary/aromatic N) is 1. The van der Waals surface area contributed by atoms with Crippen molar-refractivity contribution in [3.05, 3.63) is 23.1 Å². The third kappa shape index (κ3) is 2.08. The van der Waals surface area contributed by atoms with Gasteiger partial charge in [-0.15, -0.1) is 11.8 Å². The van der Waals surface area contributed by atoms with E-state index in [4.69, 9.17) is 4.74 Å². The van der Waals surface area contributed by atoms with Crippen molar-refractivity contribution < 1.29 is 14.6 Å². The van der Waals surface area contributed by atoms with Gasteiger partial charge in [0, 0.05) is 18.0 Å². The Hall–Kier alpha value is -0.620. The van der Waals surface area contributed by atoms with E-state index >= 15 is 0 Å². The van der Waals surface area contributed by atoms with Crippen molar-refractivity contribution >= 4 is 17.5 Å². The summed E-state index contributed by atoms with van der Waals surface area (Å²) in [6.45, 7) is 2.27. The Kier molecular flexibility index (Phi) is 3.49. The summed E-state index contributed by atoms with van der Waals surface area (Å²) in [4.78, 5) is 14.5. The number of aliphatic hydroxyl groups is 1. The zero-order valence-corrected chi connectivity index (χ0v) is 10.00. The van der Waals surface area contributed by atoms with Crippen LogP contribution in [0.5, 0.6) is 0 Å². The van der Waals surface area contributed by atoms with Crippen LogP contribution in [0, 0.1) is 0 Å². The average molecular weight is 241 g/mol. The third-order valence-electron chi connectivity index (χ3n) is 2.83. The summed E-state index contributed by atoms with van der Waals surface area (Å²) in [5.74, 6) is -0.271. The molecule has 1 saturated heterocycles. The maximum absolute atomic E-state index is 11.8. The first-order valence-corrected chi connectivity index (χ1v) is 6.44. The van der Waals surface area contributed by atoms with Gasteiger partial charge in [-0.2, -0.15) is 0 Å². The summed E-state index contributed by atoms with van der Waals surface area (Å²) in [7, 11) is 0. The molecule has 1 atom stereocenters. The SMILES string of the molecule is CSC1=CC(O)(N2CCOCC2)C(=O)C=C1. The van der Waals surface area contributed by atoms with Crippen LogP contribution in [-0.2, 0) is 9.53 Å². The Bertz CT molecular complexity index is 347. The van der Waals surface area contributed by atoms with Gasteiger partial charge in [-0.25, -0.2) is 0 Å². The van der Waals surface area contributed by atoms with E-state index in [1.165, 1.54) is 17.8 Å². The Balaban J connectivity index is 2.24. The van der Waals surface area contributed by atoms with E-state index < -0.39 is 5.72 Å². The van der Waals surface area contributed by atoms with E-state index in [9.17, 15) is 9.90 Å². The predicted octanol–water partition coefficient (Wildman–Crippen LogP) is 0.393. The highest BCUT2D eigenvalue weighted by atomic mass is 32.2. The highest BCUT2D eigenvalue weighted by molar-refractivity contribution is 8.02. The third-order valence-corrected chi connectivity index (χ3v) is 3.56. The Morgan fingerprint density at radius 3 is 2.75 bits per heavy atom. The van der Waals surface area contributed by atoms with Gasteiger partial charge < -0.3 is 9.84 Å². The molecule has 1 aliphatic carbocycles. The molecular formula is C11H15NO3S. The van der Waals surface area contributed by atoms with E-state index in [1.807, 2.05) is 6.26 Å². The first kappa shape index (κ1) is 11.9. The lowest BCUT2D eigenvalue weighted by Crippen LogP contribution is -2.57. The molecule has 1 heterocycles. The molecule has 0 saturated carbocycles. The summed E-state index contributed by atoms with van der Waals surface area (Å²) in [6, 6.07) is 0. The number of rotatable bonds is 2. The van der Waals surface area contributed by atoms with Gasteiger partial charge in [-0.1, -0.05) is 0 Å². The van der Waals surface area contributed by atoms with Crippen LogP contribution < -0.4 is 0 Å². The summed E-state index contributed by atoms with van der Waals surface area (Å²) < 4.78 is 5.22. The molecule has 88 valence electrons. The molecule has 0 aromatic carbocycles. The molecule has 0 bridgehead atoms. The van der Waals surface area contributed by atoms with Crippen LogP contribution in [-0.4, -0.2) is 54.1 Å². The molecule has 0 spiro atoms. The van der Waals surface area contributed by atoms with Gasteiger partial charge in [0.1, 0.15) is 0 Å². The lowest BCUT2D eigenvalue weighted by molar-refractivity contribution is -0.153. The second kappa shape index (κ2) is 4.71. The summed E-state index contributed by atoms with van der Waals surface area (Å²) in [6.07, 6.45) is 6.74. The number of ketones is 1. The van der Waals surface area contributed by atoms with Crippen LogP contribution in [0.15, 0.2) is 23.1 Å². The number of hydrogen-bond acceptors (Lipinski definition) is 5. The first-order valence-electron chi connectivity index (χ1n) is 5.21. The normalized spacial score (nSPS) is 31.6. The minimum Gasteiger partial charge on any atom is -0.379 e. The van der Waals surface area contributed by atoms with E-state index in [-0.39, 0.29) is 5.78 Å². The van der Waals surface area contributed by atoms with E-state index in [0.717, 1.165) is 4.91 Å². The molecule has 2 rings (SSSR count). The molecular weight excluding hydrogens is 226 g/mol. The number of morpholine rings is 1. The molecule has 0 aromatic rings. The van der Waals surface area contributed by atoms with Gasteiger partial charge in [0.25, 0.3) is 0 Å². The second-order valence-corrected chi connectivity index (χ2v) is 4.65. The molecule has 0 amide bonds. The van der Waals surface area contributed by atoms with E-state index in [2.05, 4.69) is 0 Å². The topological polar surface area (TPSA) is 49.8 Å². The summed E-state index contributed by atoms with van der Waals surface area (Å²) in [5.41, 5.74) is -1.48. The maximum Gasteiger partial charge on any atom is 0.206 e. The fourth-order valence-electron chi connectivity index (χ4n) is 1.88. The van der Waals surface area contributed by atoms with Crippen molar-refractivity contribution in [1.29, 1.82) is 0 Å². The van der Waals surface area contributed by atoms with Crippen molar-refractivity contribution in [2.45, 2.75) is 5.72 Å². The molecule has 2 aliphatic rings. The average Bonchev–Trinajstić information content (AvgIpc) is 2.34. The van der Waals surface area contributed by atoms with E-state index in [0.29, 0.717) is 26.3 Å². The Labute approximate surface area is 99.0 Å². The van der Waals surface area contributed by atoms with E-state index in [1.54, 1.807) is 17.1 Å². The standard InChI is InChI=1S/C11H15NO3S/c1-16-9-2-3-10(13)11(14,8-9)12-4-6-15-7-5-12/h2-3,8,14H,4-7H2,1H3. The predicted molar refractivity (Wildman–Crippen MR) is 63.1 cm³/mol. The zero-order chi connectivity index (χ0) is 11.6. The highest BCUT2D eigenvalue weighted by Gasteiger charge is 2.41. The second-order valence-electron chi connectivity index (χ2n) is 3.77. The molecule has 1 unspecified atom stereocenters. The molecule has 16 heavy (non-hydrogen) atoms. The quantitative estimate of drug-likeness (QED) is 0.758. The van der Waals surface area contributed by atoms with Gasteiger partial charge in [-0.05, 0) is 24.5 Å². The van der Waals surface area contributed by atoms with Crippen LogP contribution in [0.1, 0.15) is 0 Å². The molecule has 1 aliphatic heterocycles. The largest absolute Gasteiger partial charge is 0.379 e. The van der Waals surface area contributed by atoms with Crippen LogP contribution in [0.2, 0.25) is 0 Å². The molecule has 4 nitrogen and oxygen atoms in total. The van der Waals surface area contributed by atoms with Gasteiger partial charge in [0.05, 0.1) is 13.2 Å². The number of thioether (sulfide) groups is 1. The fraction of sp³-hybridized carbons (Fsp3) is 0.545. The summed E-state index contributed by atoms with van der Waals surface area (Å²) >= 11 is 1.52. The zero-order valence-electron chi connectivity index (χ0n) is 9.18. The number of carbonyl (C=O) groups is 1. The van der Waals surface area contributed by atoms with Crippen LogP contribution in [0.3, 0.4) is 0 Å². The molecule has 5 heteroatoms. The van der Waals surface area contributed by atoms with Gasteiger partial charge in [-0.3, -0.25) is 9.69 Å². The van der Waals surface area contributed by atoms with Crippen molar-refractivity contribution in [3.8, 4) is 0 Å². The van der Waals surface area contributed by atoms with Crippen LogP contribution in [0.4, 0.5) is 0 Å². The highest BCUT2D eigenvalue weighted by Crippen LogP contribution is 2.27. The molecule has 1 N–H and O–H groups in total. The number of allylic oxidation sites excluding steroid dienone is 1.